The fourth-order valence-corrected chi connectivity index (χ4v) is 3.14. The zero-order valence-electron chi connectivity index (χ0n) is 15.2. The number of aryl methyl sites for hydroxylation is 1. The van der Waals surface area contributed by atoms with E-state index >= 15 is 0 Å². The fourth-order valence-electron chi connectivity index (χ4n) is 3.14. The summed E-state index contributed by atoms with van der Waals surface area (Å²) in [6.07, 6.45) is 1.40. The Morgan fingerprint density at radius 2 is 1.72 bits per heavy atom. The van der Waals surface area contributed by atoms with E-state index in [4.69, 9.17) is 14.2 Å². The van der Waals surface area contributed by atoms with E-state index in [-0.39, 0.29) is 5.78 Å². The van der Waals surface area contributed by atoms with Gasteiger partial charge in [0.2, 0.25) is 5.75 Å². The van der Waals surface area contributed by atoms with Crippen LogP contribution in [-0.4, -0.2) is 26.6 Å². The minimum Gasteiger partial charge on any atom is -0.493 e. The van der Waals surface area contributed by atoms with Gasteiger partial charge in [-0.15, -0.1) is 0 Å². The molecule has 2 aromatic carbocycles. The minimum absolute atomic E-state index is 0.227. The molecule has 0 heterocycles. The van der Waals surface area contributed by atoms with E-state index in [1.165, 1.54) is 0 Å². The first kappa shape index (κ1) is 17.3. The Morgan fingerprint density at radius 1 is 0.960 bits per heavy atom. The van der Waals surface area contributed by atoms with Crippen molar-refractivity contribution in [1.29, 1.82) is 0 Å². The lowest BCUT2D eigenvalue weighted by Gasteiger charge is -2.19. The molecule has 1 aliphatic rings. The molecule has 0 spiro atoms. The first-order valence-corrected chi connectivity index (χ1v) is 8.59. The molecule has 0 saturated carbocycles. The maximum Gasteiger partial charge on any atom is 0.203 e. The number of fused-ring (bicyclic) bond motifs is 1. The summed E-state index contributed by atoms with van der Waals surface area (Å²) in [4.78, 5) is 11.9. The van der Waals surface area contributed by atoms with Crippen LogP contribution in [0.2, 0.25) is 0 Å². The van der Waals surface area contributed by atoms with Gasteiger partial charge in [0.15, 0.2) is 17.3 Å². The number of carbonyl (C=O) groups is 1. The second-order valence-electron chi connectivity index (χ2n) is 6.68. The van der Waals surface area contributed by atoms with Gasteiger partial charge < -0.3 is 14.2 Å². The average molecular weight is 340 g/mol. The van der Waals surface area contributed by atoms with Crippen LogP contribution in [0.25, 0.3) is 11.1 Å². The predicted molar refractivity (Wildman–Crippen MR) is 98.0 cm³/mol. The van der Waals surface area contributed by atoms with Crippen molar-refractivity contribution < 1.29 is 19.0 Å². The van der Waals surface area contributed by atoms with Crippen LogP contribution >= 0.6 is 0 Å². The summed E-state index contributed by atoms with van der Waals surface area (Å²) in [7, 11) is 3.23. The van der Waals surface area contributed by atoms with Gasteiger partial charge in [-0.2, -0.15) is 0 Å². The zero-order valence-corrected chi connectivity index (χ0v) is 15.2. The third-order valence-corrected chi connectivity index (χ3v) is 4.40. The second-order valence-corrected chi connectivity index (χ2v) is 6.68. The summed E-state index contributed by atoms with van der Waals surface area (Å²) in [6.45, 7) is 4.79. The maximum absolute atomic E-state index is 11.9. The van der Waals surface area contributed by atoms with Gasteiger partial charge in [0.25, 0.3) is 0 Å². The number of hydrogen-bond donors (Lipinski definition) is 0. The Labute approximate surface area is 148 Å². The van der Waals surface area contributed by atoms with Crippen molar-refractivity contribution in [1.82, 2.24) is 0 Å². The number of hydrogen-bond acceptors (Lipinski definition) is 4. The van der Waals surface area contributed by atoms with Crippen LogP contribution in [0.5, 0.6) is 17.2 Å². The first-order valence-electron chi connectivity index (χ1n) is 8.59. The molecule has 2 aromatic rings. The third kappa shape index (κ3) is 3.34. The molecule has 4 nitrogen and oxygen atoms in total. The molecule has 0 saturated heterocycles. The summed E-state index contributed by atoms with van der Waals surface area (Å²) in [5.74, 6) is 2.53. The number of Topliss-reactive ketones (excluding diaryl/α,β-unsaturated/α-hetero) is 1. The van der Waals surface area contributed by atoms with Crippen LogP contribution in [0.1, 0.15) is 36.2 Å². The molecule has 0 amide bonds. The van der Waals surface area contributed by atoms with E-state index in [2.05, 4.69) is 19.9 Å². The molecule has 0 atom stereocenters. The number of ketones is 1. The van der Waals surface area contributed by atoms with Crippen LogP contribution in [0, 0.1) is 5.92 Å². The van der Waals surface area contributed by atoms with E-state index in [1.807, 2.05) is 24.3 Å². The van der Waals surface area contributed by atoms with Gasteiger partial charge in [0, 0.05) is 17.5 Å². The van der Waals surface area contributed by atoms with Gasteiger partial charge >= 0.3 is 0 Å². The average Bonchev–Trinajstić information content (AvgIpc) is 2.99. The Bertz CT molecular complexity index is 793. The summed E-state index contributed by atoms with van der Waals surface area (Å²) in [5, 5.41) is 0. The summed E-state index contributed by atoms with van der Waals surface area (Å²) in [6, 6.07) is 9.85. The molecule has 3 rings (SSSR count). The van der Waals surface area contributed by atoms with Gasteiger partial charge in [-0.3, -0.25) is 4.79 Å². The highest BCUT2D eigenvalue weighted by atomic mass is 16.5. The SMILES string of the molecule is COc1ccc(-c2ccc3c(c2)CCC3=O)c(OCC(C)C)c1OC. The highest BCUT2D eigenvalue weighted by Crippen LogP contribution is 2.45. The van der Waals surface area contributed by atoms with E-state index in [1.54, 1.807) is 14.2 Å². The van der Waals surface area contributed by atoms with Crippen molar-refractivity contribution in [2.45, 2.75) is 26.7 Å². The zero-order chi connectivity index (χ0) is 18.0. The molecule has 4 heteroatoms. The molecule has 25 heavy (non-hydrogen) atoms. The standard InChI is InChI=1S/C21H24O4/c1-13(2)12-25-20-17(8-10-19(23-3)21(20)24-4)15-5-7-16-14(11-15)6-9-18(16)22/h5,7-8,10-11,13H,6,9,12H2,1-4H3. The van der Waals surface area contributed by atoms with E-state index in [0.717, 1.165) is 28.7 Å². The summed E-state index contributed by atoms with van der Waals surface area (Å²) in [5.41, 5.74) is 3.91. The van der Waals surface area contributed by atoms with Crippen molar-refractivity contribution in [3.8, 4) is 28.4 Å². The Balaban J connectivity index is 2.10. The molecule has 0 fully saturated rings. The normalized spacial score (nSPS) is 13.1. The molecule has 0 aromatic heterocycles. The second kappa shape index (κ2) is 7.18. The first-order chi connectivity index (χ1) is 12.0. The highest BCUT2D eigenvalue weighted by Gasteiger charge is 2.22. The molecule has 0 radical (unpaired) electrons. The van der Waals surface area contributed by atoms with Gasteiger partial charge in [0.1, 0.15) is 0 Å². The summed E-state index contributed by atoms with van der Waals surface area (Å²) < 4.78 is 17.1. The summed E-state index contributed by atoms with van der Waals surface area (Å²) >= 11 is 0. The highest BCUT2D eigenvalue weighted by molar-refractivity contribution is 6.01. The lowest BCUT2D eigenvalue weighted by atomic mass is 9.99. The van der Waals surface area contributed by atoms with Crippen LogP contribution in [-0.2, 0) is 6.42 Å². The molecule has 0 unspecified atom stereocenters. The Hall–Kier alpha value is -2.49. The largest absolute Gasteiger partial charge is 0.493 e. The molecule has 0 aliphatic heterocycles. The van der Waals surface area contributed by atoms with Gasteiger partial charge in [-0.05, 0) is 35.6 Å². The molecule has 1 aliphatic carbocycles. The minimum atomic E-state index is 0.227. The molecular formula is C21H24O4. The van der Waals surface area contributed by atoms with Crippen molar-refractivity contribution in [2.75, 3.05) is 20.8 Å². The molecule has 132 valence electrons. The third-order valence-electron chi connectivity index (χ3n) is 4.40. The fraction of sp³-hybridized carbons (Fsp3) is 0.381. The number of methoxy groups -OCH3 is 2. The van der Waals surface area contributed by atoms with Gasteiger partial charge in [-0.25, -0.2) is 0 Å². The van der Waals surface area contributed by atoms with Crippen molar-refractivity contribution >= 4 is 5.78 Å². The predicted octanol–water partition coefficient (Wildman–Crippen LogP) is 4.53. The van der Waals surface area contributed by atoms with Crippen molar-refractivity contribution in [2.24, 2.45) is 5.92 Å². The Kier molecular flexibility index (Phi) is 4.98. The number of ether oxygens (including phenoxy) is 3. The molecule has 0 N–H and O–H groups in total. The van der Waals surface area contributed by atoms with Crippen molar-refractivity contribution in [3.63, 3.8) is 0 Å². The van der Waals surface area contributed by atoms with E-state index < -0.39 is 0 Å². The maximum atomic E-state index is 11.9. The van der Waals surface area contributed by atoms with Crippen LogP contribution < -0.4 is 14.2 Å². The monoisotopic (exact) mass is 340 g/mol. The quantitative estimate of drug-likeness (QED) is 0.775. The number of rotatable bonds is 6. The topological polar surface area (TPSA) is 44.8 Å². The smallest absolute Gasteiger partial charge is 0.203 e. The van der Waals surface area contributed by atoms with E-state index in [0.29, 0.717) is 36.2 Å². The number of carbonyl (C=O) groups excluding carboxylic acids is 1. The van der Waals surface area contributed by atoms with Crippen LogP contribution in [0.15, 0.2) is 30.3 Å². The lowest BCUT2D eigenvalue weighted by Crippen LogP contribution is -2.07. The van der Waals surface area contributed by atoms with Crippen LogP contribution in [0.3, 0.4) is 0 Å². The Morgan fingerprint density at radius 3 is 2.40 bits per heavy atom. The lowest BCUT2D eigenvalue weighted by molar-refractivity contribution is 0.0994. The molecular weight excluding hydrogens is 316 g/mol. The van der Waals surface area contributed by atoms with Crippen molar-refractivity contribution in [3.05, 3.63) is 41.5 Å². The van der Waals surface area contributed by atoms with Gasteiger partial charge in [-0.1, -0.05) is 32.0 Å². The molecule has 0 bridgehead atoms. The number of benzene rings is 2. The van der Waals surface area contributed by atoms with Crippen LogP contribution in [0.4, 0.5) is 0 Å². The van der Waals surface area contributed by atoms with Gasteiger partial charge in [0.05, 0.1) is 20.8 Å². The van der Waals surface area contributed by atoms with E-state index in [9.17, 15) is 4.79 Å².